The van der Waals surface area contributed by atoms with Gasteiger partial charge in [-0.3, -0.25) is 14.9 Å². The first-order valence-corrected chi connectivity index (χ1v) is 10.0. The molecule has 4 rings (SSSR count). The SMILES string of the molecule is CCC(C)c1ccc2oc(-c3ccc(NC(=O)c4ccc([N+](=O)[O-])cc4)cc3)nc2c1. The summed E-state index contributed by atoms with van der Waals surface area (Å²) < 4.78 is 5.89. The molecule has 0 fully saturated rings. The van der Waals surface area contributed by atoms with Gasteiger partial charge in [0.25, 0.3) is 11.6 Å². The number of fused-ring (bicyclic) bond motifs is 1. The van der Waals surface area contributed by atoms with E-state index in [0.717, 1.165) is 23.1 Å². The van der Waals surface area contributed by atoms with Crippen LogP contribution in [0.2, 0.25) is 0 Å². The summed E-state index contributed by atoms with van der Waals surface area (Å²) in [7, 11) is 0. The Balaban J connectivity index is 1.50. The lowest BCUT2D eigenvalue weighted by molar-refractivity contribution is -0.384. The van der Waals surface area contributed by atoms with E-state index < -0.39 is 4.92 Å². The summed E-state index contributed by atoms with van der Waals surface area (Å²) in [4.78, 5) is 27.2. The maximum absolute atomic E-state index is 12.4. The van der Waals surface area contributed by atoms with E-state index >= 15 is 0 Å². The van der Waals surface area contributed by atoms with Crippen LogP contribution in [0, 0.1) is 10.1 Å². The van der Waals surface area contributed by atoms with Crippen molar-refractivity contribution in [1.82, 2.24) is 4.98 Å². The molecule has 3 aromatic carbocycles. The molecule has 0 aliphatic heterocycles. The van der Waals surface area contributed by atoms with Gasteiger partial charge in [-0.25, -0.2) is 4.98 Å². The van der Waals surface area contributed by atoms with Gasteiger partial charge >= 0.3 is 0 Å². The van der Waals surface area contributed by atoms with Gasteiger partial charge in [0.05, 0.1) is 4.92 Å². The topological polar surface area (TPSA) is 98.3 Å². The predicted molar refractivity (Wildman–Crippen MR) is 119 cm³/mol. The van der Waals surface area contributed by atoms with Crippen molar-refractivity contribution < 1.29 is 14.1 Å². The van der Waals surface area contributed by atoms with Crippen molar-refractivity contribution in [3.8, 4) is 11.5 Å². The van der Waals surface area contributed by atoms with E-state index in [1.54, 1.807) is 12.1 Å². The van der Waals surface area contributed by atoms with Crippen molar-refractivity contribution >= 4 is 28.4 Å². The third-order valence-corrected chi connectivity index (χ3v) is 5.32. The van der Waals surface area contributed by atoms with Crippen molar-refractivity contribution in [3.05, 3.63) is 88.0 Å². The number of rotatable bonds is 6. The van der Waals surface area contributed by atoms with E-state index in [0.29, 0.717) is 23.1 Å². The predicted octanol–water partition coefficient (Wildman–Crippen LogP) is 6.17. The molecule has 0 aliphatic rings. The van der Waals surface area contributed by atoms with Crippen LogP contribution >= 0.6 is 0 Å². The number of carbonyl (C=O) groups excluding carboxylic acids is 1. The van der Waals surface area contributed by atoms with E-state index in [1.165, 1.54) is 29.8 Å². The number of carbonyl (C=O) groups is 1. The van der Waals surface area contributed by atoms with Gasteiger partial charge in [0.2, 0.25) is 5.89 Å². The number of non-ortho nitro benzene ring substituents is 1. The number of nitro benzene ring substituents is 1. The van der Waals surface area contributed by atoms with Crippen LogP contribution in [-0.2, 0) is 0 Å². The number of hydrogen-bond acceptors (Lipinski definition) is 5. The fraction of sp³-hybridized carbons (Fsp3) is 0.167. The van der Waals surface area contributed by atoms with E-state index in [4.69, 9.17) is 4.42 Å². The Kier molecular flexibility index (Phi) is 5.49. The summed E-state index contributed by atoms with van der Waals surface area (Å²) in [5, 5.41) is 13.5. The second-order valence-electron chi connectivity index (χ2n) is 7.39. The van der Waals surface area contributed by atoms with Gasteiger partial charge in [-0.1, -0.05) is 19.9 Å². The van der Waals surface area contributed by atoms with Crippen molar-refractivity contribution in [1.29, 1.82) is 0 Å². The molecule has 0 spiro atoms. The van der Waals surface area contributed by atoms with E-state index in [2.05, 4.69) is 36.3 Å². The fourth-order valence-corrected chi connectivity index (χ4v) is 3.24. The zero-order chi connectivity index (χ0) is 22.0. The molecule has 31 heavy (non-hydrogen) atoms. The Morgan fingerprint density at radius 1 is 1.10 bits per heavy atom. The van der Waals surface area contributed by atoms with Crippen LogP contribution in [0.5, 0.6) is 0 Å². The van der Waals surface area contributed by atoms with Gasteiger partial charge in [0.15, 0.2) is 5.58 Å². The lowest BCUT2D eigenvalue weighted by Crippen LogP contribution is -2.11. The Morgan fingerprint density at radius 3 is 2.45 bits per heavy atom. The highest BCUT2D eigenvalue weighted by molar-refractivity contribution is 6.04. The molecule has 7 nitrogen and oxygen atoms in total. The molecular weight excluding hydrogens is 394 g/mol. The number of benzene rings is 3. The molecule has 1 N–H and O–H groups in total. The Bertz CT molecular complexity index is 1240. The number of anilines is 1. The van der Waals surface area contributed by atoms with Crippen molar-refractivity contribution in [2.24, 2.45) is 0 Å². The molecule has 1 unspecified atom stereocenters. The van der Waals surface area contributed by atoms with Crippen LogP contribution in [-0.4, -0.2) is 15.8 Å². The molecule has 0 aliphatic carbocycles. The Hall–Kier alpha value is -4.00. The highest BCUT2D eigenvalue weighted by Crippen LogP contribution is 2.28. The summed E-state index contributed by atoms with van der Waals surface area (Å²) in [6.45, 7) is 4.34. The van der Waals surface area contributed by atoms with Gasteiger partial charge in [0, 0.05) is 28.9 Å². The quantitative estimate of drug-likeness (QED) is 0.300. The molecule has 0 saturated carbocycles. The maximum Gasteiger partial charge on any atom is 0.269 e. The second kappa shape index (κ2) is 8.39. The normalized spacial score (nSPS) is 11.9. The van der Waals surface area contributed by atoms with Crippen LogP contribution in [0.3, 0.4) is 0 Å². The molecule has 0 saturated heterocycles. The van der Waals surface area contributed by atoms with Crippen LogP contribution in [0.15, 0.2) is 71.1 Å². The number of nitrogens with zero attached hydrogens (tertiary/aromatic N) is 2. The van der Waals surface area contributed by atoms with Gasteiger partial charge in [-0.2, -0.15) is 0 Å². The number of nitro groups is 1. The number of nitrogens with one attached hydrogen (secondary N) is 1. The molecule has 0 radical (unpaired) electrons. The van der Waals surface area contributed by atoms with Crippen molar-refractivity contribution in [3.63, 3.8) is 0 Å². The number of oxazole rings is 1. The Labute approximate surface area is 178 Å². The maximum atomic E-state index is 12.4. The summed E-state index contributed by atoms with van der Waals surface area (Å²) in [6, 6.07) is 18.7. The molecule has 1 heterocycles. The highest BCUT2D eigenvalue weighted by atomic mass is 16.6. The number of amides is 1. The first kappa shape index (κ1) is 20.3. The van der Waals surface area contributed by atoms with E-state index in [1.807, 2.05) is 18.2 Å². The summed E-state index contributed by atoms with van der Waals surface area (Å²) in [5.74, 6) is 0.634. The first-order valence-electron chi connectivity index (χ1n) is 10.0. The van der Waals surface area contributed by atoms with Gasteiger partial charge in [0.1, 0.15) is 5.52 Å². The lowest BCUT2D eigenvalue weighted by Gasteiger charge is -2.07. The standard InChI is InChI=1S/C24H21N3O4/c1-3-15(2)18-8-13-22-21(14-18)26-24(31-22)17-4-9-19(10-5-17)25-23(28)16-6-11-20(12-7-16)27(29)30/h4-15H,3H2,1-2H3,(H,25,28). The first-order chi connectivity index (χ1) is 14.9. The van der Waals surface area contributed by atoms with Crippen LogP contribution < -0.4 is 5.32 Å². The number of aromatic nitrogens is 1. The molecular formula is C24H21N3O4. The van der Waals surface area contributed by atoms with Crippen molar-refractivity contribution in [2.45, 2.75) is 26.2 Å². The Morgan fingerprint density at radius 2 is 1.81 bits per heavy atom. The van der Waals surface area contributed by atoms with Crippen molar-refractivity contribution in [2.75, 3.05) is 5.32 Å². The average molecular weight is 415 g/mol. The molecule has 0 bridgehead atoms. The monoisotopic (exact) mass is 415 g/mol. The van der Waals surface area contributed by atoms with Gasteiger partial charge in [-0.15, -0.1) is 0 Å². The van der Waals surface area contributed by atoms with E-state index in [-0.39, 0.29) is 11.6 Å². The van der Waals surface area contributed by atoms with Crippen LogP contribution in [0.1, 0.15) is 42.1 Å². The minimum atomic E-state index is -0.502. The van der Waals surface area contributed by atoms with Gasteiger partial charge < -0.3 is 9.73 Å². The number of hydrogen-bond donors (Lipinski definition) is 1. The smallest absolute Gasteiger partial charge is 0.269 e. The highest BCUT2D eigenvalue weighted by Gasteiger charge is 2.12. The average Bonchev–Trinajstić information content (AvgIpc) is 3.22. The summed E-state index contributed by atoms with van der Waals surface area (Å²) >= 11 is 0. The third kappa shape index (κ3) is 4.30. The molecule has 7 heteroatoms. The van der Waals surface area contributed by atoms with E-state index in [9.17, 15) is 14.9 Å². The fourth-order valence-electron chi connectivity index (χ4n) is 3.24. The molecule has 4 aromatic rings. The summed E-state index contributed by atoms with van der Waals surface area (Å²) in [5.41, 5.74) is 4.47. The zero-order valence-corrected chi connectivity index (χ0v) is 17.2. The van der Waals surface area contributed by atoms with Crippen LogP contribution in [0.4, 0.5) is 11.4 Å². The summed E-state index contributed by atoms with van der Waals surface area (Å²) in [6.07, 6.45) is 1.06. The molecule has 156 valence electrons. The second-order valence-corrected chi connectivity index (χ2v) is 7.39. The molecule has 1 aromatic heterocycles. The third-order valence-electron chi connectivity index (χ3n) is 5.32. The molecule has 1 amide bonds. The van der Waals surface area contributed by atoms with Crippen LogP contribution in [0.25, 0.3) is 22.6 Å². The minimum absolute atomic E-state index is 0.0597. The molecule has 1 atom stereocenters. The van der Waals surface area contributed by atoms with Gasteiger partial charge in [-0.05, 0) is 66.4 Å². The lowest BCUT2D eigenvalue weighted by atomic mass is 9.98. The zero-order valence-electron chi connectivity index (χ0n) is 17.2. The largest absolute Gasteiger partial charge is 0.436 e. The minimum Gasteiger partial charge on any atom is -0.436 e.